The summed E-state index contributed by atoms with van der Waals surface area (Å²) in [6.45, 7) is 3.84. The first kappa shape index (κ1) is 15.6. The Morgan fingerprint density at radius 1 is 1.35 bits per heavy atom. The van der Waals surface area contributed by atoms with Crippen LogP contribution in [0.1, 0.15) is 12.0 Å². The number of nitrogens with one attached hydrogen (secondary N) is 1. The summed E-state index contributed by atoms with van der Waals surface area (Å²) in [5.41, 5.74) is 3.56. The Kier molecular flexibility index (Phi) is 4.39. The van der Waals surface area contributed by atoms with Crippen LogP contribution in [0.15, 0.2) is 53.2 Å². The molecule has 0 aliphatic heterocycles. The van der Waals surface area contributed by atoms with Gasteiger partial charge in [0.1, 0.15) is 11.6 Å². The molecule has 3 rings (SSSR count). The quantitative estimate of drug-likeness (QED) is 0.632. The third-order valence-corrected chi connectivity index (χ3v) is 4.35. The molecule has 0 saturated heterocycles. The summed E-state index contributed by atoms with van der Waals surface area (Å²) in [6, 6.07) is 11.6. The molecule has 2 N–H and O–H groups in total. The molecule has 1 aromatic heterocycles. The molecule has 3 aromatic rings. The van der Waals surface area contributed by atoms with E-state index in [2.05, 4.69) is 32.5 Å². The highest BCUT2D eigenvalue weighted by molar-refractivity contribution is 9.10. The van der Waals surface area contributed by atoms with E-state index in [0.717, 1.165) is 35.2 Å². The number of aryl methyl sites for hydroxylation is 1. The number of phenols is 1. The molecule has 4 nitrogen and oxygen atoms in total. The lowest BCUT2D eigenvalue weighted by Crippen LogP contribution is -1.93. The van der Waals surface area contributed by atoms with Crippen LogP contribution in [0.3, 0.4) is 0 Å². The van der Waals surface area contributed by atoms with Crippen molar-refractivity contribution in [1.82, 2.24) is 9.97 Å². The Bertz CT molecular complexity index is 838. The zero-order chi connectivity index (χ0) is 16.4. The van der Waals surface area contributed by atoms with Gasteiger partial charge in [0.15, 0.2) is 0 Å². The highest BCUT2D eigenvalue weighted by Gasteiger charge is 2.14. The average molecular weight is 373 g/mol. The molecule has 0 spiro atoms. The van der Waals surface area contributed by atoms with Crippen LogP contribution in [0.5, 0.6) is 5.75 Å². The van der Waals surface area contributed by atoms with Gasteiger partial charge in [0.25, 0.3) is 0 Å². The van der Waals surface area contributed by atoms with Gasteiger partial charge in [-0.1, -0.05) is 18.7 Å². The smallest absolute Gasteiger partial charge is 0.142 e. The van der Waals surface area contributed by atoms with E-state index < -0.39 is 0 Å². The molecule has 0 unspecified atom stereocenters. The van der Waals surface area contributed by atoms with Crippen molar-refractivity contribution in [2.45, 2.75) is 12.8 Å². The number of phenolic OH excluding ortho intramolecular Hbond substituents is 1. The molecule has 0 fully saturated rings. The van der Waals surface area contributed by atoms with Gasteiger partial charge in [-0.3, -0.25) is 0 Å². The highest BCUT2D eigenvalue weighted by Crippen LogP contribution is 2.36. The lowest BCUT2D eigenvalue weighted by atomic mass is 10.0. The van der Waals surface area contributed by atoms with Crippen molar-refractivity contribution in [3.63, 3.8) is 0 Å². The molecule has 2 aromatic carbocycles. The van der Waals surface area contributed by atoms with E-state index in [4.69, 9.17) is 4.74 Å². The van der Waals surface area contributed by atoms with Gasteiger partial charge in [0, 0.05) is 6.42 Å². The van der Waals surface area contributed by atoms with Gasteiger partial charge in [0.2, 0.25) is 0 Å². The number of hydrogen-bond donors (Lipinski definition) is 2. The Hall–Kier alpha value is -2.27. The molecule has 0 aliphatic rings. The summed E-state index contributed by atoms with van der Waals surface area (Å²) >= 11 is 3.42. The Morgan fingerprint density at radius 3 is 2.87 bits per heavy atom. The van der Waals surface area contributed by atoms with Gasteiger partial charge >= 0.3 is 0 Å². The van der Waals surface area contributed by atoms with Gasteiger partial charge in [0.05, 0.1) is 33.9 Å². The maximum absolute atomic E-state index is 10.4. The number of ether oxygens (including phenoxy) is 1. The summed E-state index contributed by atoms with van der Waals surface area (Å²) in [7, 11) is 1.62. The second-order valence-corrected chi connectivity index (χ2v) is 6.17. The molecule has 0 amide bonds. The minimum absolute atomic E-state index is 0.179. The number of allylic oxidation sites excluding steroid dienone is 1. The van der Waals surface area contributed by atoms with Gasteiger partial charge in [-0.2, -0.15) is 0 Å². The number of rotatable bonds is 5. The number of methoxy groups -OCH3 is 1. The first-order chi connectivity index (χ1) is 11.1. The van der Waals surface area contributed by atoms with Crippen LogP contribution < -0.4 is 0 Å². The topological polar surface area (TPSA) is 58.1 Å². The molecule has 0 atom stereocenters. The SMILES string of the molecule is C=C(CCc1cc(Br)c(O)c(-c2nc3ccccc3[nH]2)c1)OC. The van der Waals surface area contributed by atoms with Crippen molar-refractivity contribution in [2.24, 2.45) is 0 Å². The third kappa shape index (κ3) is 3.24. The number of para-hydroxylation sites is 2. The predicted octanol–water partition coefficient (Wildman–Crippen LogP) is 4.79. The monoisotopic (exact) mass is 372 g/mol. The molecular weight excluding hydrogens is 356 g/mol. The van der Waals surface area contributed by atoms with Crippen LogP contribution in [-0.4, -0.2) is 22.2 Å². The number of aromatic amines is 1. The number of imidazole rings is 1. The maximum atomic E-state index is 10.4. The fourth-order valence-electron chi connectivity index (χ4n) is 2.45. The third-order valence-electron chi connectivity index (χ3n) is 3.75. The minimum Gasteiger partial charge on any atom is -0.506 e. The summed E-state index contributed by atoms with van der Waals surface area (Å²) in [5, 5.41) is 10.4. The number of H-pyrrole nitrogens is 1. The van der Waals surface area contributed by atoms with Gasteiger partial charge in [-0.25, -0.2) is 4.98 Å². The zero-order valence-electron chi connectivity index (χ0n) is 12.8. The van der Waals surface area contributed by atoms with E-state index in [1.54, 1.807) is 7.11 Å². The normalized spacial score (nSPS) is 10.9. The standard InChI is InChI=1S/C18H17BrN2O2/c1-11(23-2)7-8-12-9-13(17(22)14(19)10-12)18-20-15-5-3-4-6-16(15)21-18/h3-6,9-10,22H,1,7-8H2,2H3,(H,20,21). The molecule has 0 saturated carbocycles. The van der Waals surface area contributed by atoms with Crippen LogP contribution in [0.4, 0.5) is 0 Å². The van der Waals surface area contributed by atoms with Gasteiger partial charge in [-0.15, -0.1) is 0 Å². The first-order valence-corrected chi connectivity index (χ1v) is 8.06. The number of aromatic hydroxyl groups is 1. The lowest BCUT2D eigenvalue weighted by molar-refractivity contribution is 0.279. The van der Waals surface area contributed by atoms with Crippen molar-refractivity contribution < 1.29 is 9.84 Å². The first-order valence-electron chi connectivity index (χ1n) is 7.26. The summed E-state index contributed by atoms with van der Waals surface area (Å²) in [6.07, 6.45) is 1.51. The van der Waals surface area contributed by atoms with Crippen molar-refractivity contribution in [1.29, 1.82) is 0 Å². The Morgan fingerprint density at radius 2 is 2.13 bits per heavy atom. The number of nitrogens with zero attached hydrogens (tertiary/aromatic N) is 1. The van der Waals surface area contributed by atoms with Crippen LogP contribution >= 0.6 is 15.9 Å². The number of aromatic nitrogens is 2. The number of fused-ring (bicyclic) bond motifs is 1. The summed E-state index contributed by atoms with van der Waals surface area (Å²) in [5.74, 6) is 1.56. The Balaban J connectivity index is 2.00. The molecule has 118 valence electrons. The van der Waals surface area contributed by atoms with Crippen molar-refractivity contribution in [2.75, 3.05) is 7.11 Å². The minimum atomic E-state index is 0.179. The van der Waals surface area contributed by atoms with Crippen LogP contribution in [0, 0.1) is 0 Å². The van der Waals surface area contributed by atoms with E-state index in [-0.39, 0.29) is 5.75 Å². The van der Waals surface area contributed by atoms with Gasteiger partial charge < -0.3 is 14.8 Å². The molecule has 1 heterocycles. The molecule has 5 heteroatoms. The summed E-state index contributed by atoms with van der Waals surface area (Å²) in [4.78, 5) is 7.81. The van der Waals surface area contributed by atoms with Gasteiger partial charge in [-0.05, 0) is 52.2 Å². The summed E-state index contributed by atoms with van der Waals surface area (Å²) < 4.78 is 5.75. The molecule has 0 radical (unpaired) electrons. The average Bonchev–Trinajstić information content (AvgIpc) is 2.99. The second kappa shape index (κ2) is 6.46. The van der Waals surface area contributed by atoms with Crippen LogP contribution in [0.25, 0.3) is 22.4 Å². The van der Waals surface area contributed by atoms with Crippen LogP contribution in [0.2, 0.25) is 0 Å². The maximum Gasteiger partial charge on any atom is 0.142 e. The van der Waals surface area contributed by atoms with Crippen molar-refractivity contribution in [3.05, 3.63) is 58.8 Å². The largest absolute Gasteiger partial charge is 0.506 e. The molecular formula is C18H17BrN2O2. The zero-order valence-corrected chi connectivity index (χ0v) is 14.4. The van der Waals surface area contributed by atoms with E-state index in [9.17, 15) is 5.11 Å². The predicted molar refractivity (Wildman–Crippen MR) is 95.4 cm³/mol. The number of hydrogen-bond acceptors (Lipinski definition) is 3. The number of halogens is 1. The fraction of sp³-hybridized carbons (Fsp3) is 0.167. The highest BCUT2D eigenvalue weighted by atomic mass is 79.9. The van der Waals surface area contributed by atoms with E-state index in [0.29, 0.717) is 15.9 Å². The van der Waals surface area contributed by atoms with Crippen molar-refractivity contribution >= 4 is 27.0 Å². The van der Waals surface area contributed by atoms with E-state index in [1.165, 1.54) is 0 Å². The Labute approximate surface area is 143 Å². The molecule has 0 bridgehead atoms. The molecule has 0 aliphatic carbocycles. The van der Waals surface area contributed by atoms with Crippen LogP contribution in [-0.2, 0) is 11.2 Å². The van der Waals surface area contributed by atoms with E-state index >= 15 is 0 Å². The fourth-order valence-corrected chi connectivity index (χ4v) is 2.95. The second-order valence-electron chi connectivity index (χ2n) is 5.32. The van der Waals surface area contributed by atoms with E-state index in [1.807, 2.05) is 36.4 Å². The van der Waals surface area contributed by atoms with Crippen molar-refractivity contribution in [3.8, 4) is 17.1 Å². The molecule has 23 heavy (non-hydrogen) atoms. The number of benzene rings is 2. The lowest BCUT2D eigenvalue weighted by Gasteiger charge is -2.09.